The molecule has 0 spiro atoms. The van der Waals surface area contributed by atoms with E-state index >= 15 is 0 Å². The van der Waals surface area contributed by atoms with Crippen molar-refractivity contribution in [2.75, 3.05) is 0 Å². The number of Topliss-reactive ketones (excluding diaryl/α,β-unsaturated/α-hetero) is 1. The Bertz CT molecular complexity index is 393. The van der Waals surface area contributed by atoms with Crippen molar-refractivity contribution in [3.05, 3.63) is 30.1 Å². The maximum atomic E-state index is 11.7. The molecule has 1 heterocycles. The molecule has 2 rings (SSSR count). The molecule has 0 amide bonds. The molecule has 1 atom stereocenters. The number of carbonyl (C=O) groups is 1. The molecule has 1 aliphatic rings. The summed E-state index contributed by atoms with van der Waals surface area (Å²) in [5, 5.41) is 9.13. The minimum atomic E-state index is -0.957. The molecule has 0 radical (unpaired) electrons. The Morgan fingerprint density at radius 2 is 2.36 bits per heavy atom. The molecule has 14 heavy (non-hydrogen) atoms. The molecule has 70 valence electrons. The molecule has 0 N–H and O–H groups in total. The van der Waals surface area contributed by atoms with Crippen molar-refractivity contribution in [1.29, 1.82) is 5.26 Å². The van der Waals surface area contributed by atoms with E-state index in [9.17, 15) is 4.79 Å². The summed E-state index contributed by atoms with van der Waals surface area (Å²) < 4.78 is 0. The number of pyridine rings is 1. The zero-order valence-electron chi connectivity index (χ0n) is 7.73. The molecule has 1 aromatic heterocycles. The lowest BCUT2D eigenvalue weighted by molar-refractivity contribution is -0.120. The summed E-state index contributed by atoms with van der Waals surface area (Å²) in [6.07, 6.45) is 3.53. The first-order valence-corrected chi connectivity index (χ1v) is 4.66. The first kappa shape index (κ1) is 8.89. The van der Waals surface area contributed by atoms with Gasteiger partial charge in [0.1, 0.15) is 0 Å². The van der Waals surface area contributed by atoms with Gasteiger partial charge in [-0.1, -0.05) is 6.07 Å². The fourth-order valence-corrected chi connectivity index (χ4v) is 1.93. The highest BCUT2D eigenvalue weighted by Crippen LogP contribution is 2.36. The topological polar surface area (TPSA) is 53.8 Å². The fourth-order valence-electron chi connectivity index (χ4n) is 1.93. The van der Waals surface area contributed by atoms with Gasteiger partial charge in [-0.15, -0.1) is 0 Å². The van der Waals surface area contributed by atoms with Crippen LogP contribution in [0.4, 0.5) is 0 Å². The highest BCUT2D eigenvalue weighted by molar-refractivity contribution is 5.94. The molecule has 1 aromatic rings. The number of hydrogen-bond acceptors (Lipinski definition) is 3. The molecule has 0 aliphatic heterocycles. The molecule has 3 heteroatoms. The lowest BCUT2D eigenvalue weighted by Gasteiger charge is -2.17. The van der Waals surface area contributed by atoms with Crippen LogP contribution in [0.15, 0.2) is 24.4 Å². The Kier molecular flexibility index (Phi) is 2.05. The monoisotopic (exact) mass is 186 g/mol. The van der Waals surface area contributed by atoms with Gasteiger partial charge in [0, 0.05) is 12.6 Å². The third-order valence-electron chi connectivity index (χ3n) is 2.72. The van der Waals surface area contributed by atoms with Crippen LogP contribution in [0, 0.1) is 11.3 Å². The average Bonchev–Trinajstić information content (AvgIpc) is 2.62. The largest absolute Gasteiger partial charge is 0.297 e. The molecule has 1 saturated carbocycles. The van der Waals surface area contributed by atoms with Gasteiger partial charge < -0.3 is 0 Å². The second-order valence-corrected chi connectivity index (χ2v) is 3.51. The number of nitriles is 1. The minimum Gasteiger partial charge on any atom is -0.297 e. The number of hydrogen-bond donors (Lipinski definition) is 0. The van der Waals surface area contributed by atoms with E-state index in [1.165, 1.54) is 0 Å². The van der Waals surface area contributed by atoms with Crippen LogP contribution in [-0.4, -0.2) is 10.8 Å². The lowest BCUT2D eigenvalue weighted by atomic mass is 9.83. The molecule has 1 fully saturated rings. The van der Waals surface area contributed by atoms with Crippen molar-refractivity contribution in [2.45, 2.75) is 24.7 Å². The zero-order chi connectivity index (χ0) is 10.0. The molecule has 0 aromatic carbocycles. The second-order valence-electron chi connectivity index (χ2n) is 3.51. The van der Waals surface area contributed by atoms with Gasteiger partial charge in [0.05, 0.1) is 11.8 Å². The maximum Gasteiger partial charge on any atom is 0.159 e. The summed E-state index contributed by atoms with van der Waals surface area (Å²) in [4.78, 5) is 15.8. The molecule has 0 bridgehead atoms. The SMILES string of the molecule is N#CC1(c2ccccn2)CCCC1=O. The summed E-state index contributed by atoms with van der Waals surface area (Å²) in [5.74, 6) is 0.0127. The molecule has 0 saturated heterocycles. The van der Waals surface area contributed by atoms with E-state index in [2.05, 4.69) is 11.1 Å². The lowest BCUT2D eigenvalue weighted by Crippen LogP contribution is -2.29. The summed E-state index contributed by atoms with van der Waals surface area (Å²) in [6.45, 7) is 0. The molecule has 3 nitrogen and oxygen atoms in total. The van der Waals surface area contributed by atoms with Crippen LogP contribution in [0.3, 0.4) is 0 Å². The number of nitrogens with zero attached hydrogens (tertiary/aromatic N) is 2. The Labute approximate surface area is 82.4 Å². The van der Waals surface area contributed by atoms with Gasteiger partial charge in [-0.2, -0.15) is 5.26 Å². The van der Waals surface area contributed by atoms with Gasteiger partial charge in [-0.05, 0) is 25.0 Å². The van der Waals surface area contributed by atoms with E-state index in [1.807, 2.05) is 6.07 Å². The van der Waals surface area contributed by atoms with Gasteiger partial charge in [-0.25, -0.2) is 0 Å². The van der Waals surface area contributed by atoms with E-state index in [1.54, 1.807) is 18.3 Å². The smallest absolute Gasteiger partial charge is 0.159 e. The van der Waals surface area contributed by atoms with Crippen LogP contribution in [0.1, 0.15) is 25.0 Å². The highest BCUT2D eigenvalue weighted by atomic mass is 16.1. The van der Waals surface area contributed by atoms with Crippen molar-refractivity contribution in [2.24, 2.45) is 0 Å². The van der Waals surface area contributed by atoms with Crippen molar-refractivity contribution in [1.82, 2.24) is 4.98 Å². The Morgan fingerprint density at radius 1 is 1.50 bits per heavy atom. The van der Waals surface area contributed by atoms with Crippen LogP contribution in [-0.2, 0) is 10.2 Å². The van der Waals surface area contributed by atoms with E-state index in [-0.39, 0.29) is 5.78 Å². The minimum absolute atomic E-state index is 0.0127. The number of ketones is 1. The van der Waals surface area contributed by atoms with E-state index < -0.39 is 5.41 Å². The normalized spacial score (nSPS) is 26.1. The second kappa shape index (κ2) is 3.22. The Morgan fingerprint density at radius 3 is 2.86 bits per heavy atom. The summed E-state index contributed by atoms with van der Waals surface area (Å²) in [7, 11) is 0. The number of aromatic nitrogens is 1. The highest BCUT2D eigenvalue weighted by Gasteiger charge is 2.44. The van der Waals surface area contributed by atoms with Crippen molar-refractivity contribution in [3.8, 4) is 6.07 Å². The number of rotatable bonds is 1. The summed E-state index contributed by atoms with van der Waals surface area (Å²) >= 11 is 0. The van der Waals surface area contributed by atoms with E-state index in [4.69, 9.17) is 5.26 Å². The zero-order valence-corrected chi connectivity index (χ0v) is 7.73. The van der Waals surface area contributed by atoms with Crippen LogP contribution in [0.25, 0.3) is 0 Å². The quantitative estimate of drug-likeness (QED) is 0.669. The standard InChI is InChI=1S/C11H10N2O/c12-8-11(6-3-5-10(11)14)9-4-1-2-7-13-9/h1-2,4,7H,3,5-6H2. The Balaban J connectivity index is 2.50. The summed E-state index contributed by atoms with van der Waals surface area (Å²) in [6, 6.07) is 7.49. The maximum absolute atomic E-state index is 11.7. The first-order chi connectivity index (χ1) is 6.79. The van der Waals surface area contributed by atoms with Crippen LogP contribution in [0.2, 0.25) is 0 Å². The first-order valence-electron chi connectivity index (χ1n) is 4.66. The Hall–Kier alpha value is -1.69. The van der Waals surface area contributed by atoms with Crippen LogP contribution in [0.5, 0.6) is 0 Å². The van der Waals surface area contributed by atoms with Gasteiger partial charge >= 0.3 is 0 Å². The van der Waals surface area contributed by atoms with Gasteiger partial charge in [0.15, 0.2) is 11.2 Å². The summed E-state index contributed by atoms with van der Waals surface area (Å²) in [5.41, 5.74) is -0.355. The van der Waals surface area contributed by atoms with Crippen LogP contribution >= 0.6 is 0 Å². The molecular formula is C11H10N2O. The van der Waals surface area contributed by atoms with Gasteiger partial charge in [0.25, 0.3) is 0 Å². The van der Waals surface area contributed by atoms with Crippen molar-refractivity contribution >= 4 is 5.78 Å². The predicted octanol–water partition coefficient (Wildman–Crippen LogP) is 1.60. The van der Waals surface area contributed by atoms with Gasteiger partial charge in [-0.3, -0.25) is 9.78 Å². The predicted molar refractivity (Wildman–Crippen MR) is 50.4 cm³/mol. The average molecular weight is 186 g/mol. The van der Waals surface area contributed by atoms with Gasteiger partial charge in [0.2, 0.25) is 0 Å². The van der Waals surface area contributed by atoms with E-state index in [0.29, 0.717) is 18.5 Å². The third kappa shape index (κ3) is 1.12. The van der Waals surface area contributed by atoms with Crippen molar-refractivity contribution < 1.29 is 4.79 Å². The fraction of sp³-hybridized carbons (Fsp3) is 0.364. The molecular weight excluding hydrogens is 176 g/mol. The molecule has 1 unspecified atom stereocenters. The van der Waals surface area contributed by atoms with Crippen LogP contribution < -0.4 is 0 Å². The third-order valence-corrected chi connectivity index (χ3v) is 2.72. The number of carbonyl (C=O) groups excluding carboxylic acids is 1. The van der Waals surface area contributed by atoms with Crippen molar-refractivity contribution in [3.63, 3.8) is 0 Å². The molecule has 1 aliphatic carbocycles. The van der Waals surface area contributed by atoms with E-state index in [0.717, 1.165) is 6.42 Å².